The van der Waals surface area contributed by atoms with Crippen LogP contribution in [0.3, 0.4) is 0 Å². The molecule has 0 bridgehead atoms. The average Bonchev–Trinajstić information content (AvgIpc) is 2.67. The van der Waals surface area contributed by atoms with Gasteiger partial charge in [0.05, 0.1) is 0 Å². The lowest BCUT2D eigenvalue weighted by atomic mass is 9.96. The van der Waals surface area contributed by atoms with E-state index in [1.165, 1.54) is 6.07 Å². The zero-order valence-corrected chi connectivity index (χ0v) is 14.4. The predicted octanol–water partition coefficient (Wildman–Crippen LogP) is 2.39. The first-order valence-electron chi connectivity index (χ1n) is 8.68. The van der Waals surface area contributed by atoms with E-state index in [9.17, 15) is 13.6 Å². The minimum Gasteiger partial charge on any atom is -0.371 e. The monoisotopic (exact) mass is 360 g/mol. The summed E-state index contributed by atoms with van der Waals surface area (Å²) in [6, 6.07) is 5.86. The maximum absolute atomic E-state index is 13.8. The molecule has 1 unspecified atom stereocenters. The van der Waals surface area contributed by atoms with E-state index in [1.807, 2.05) is 12.1 Å². The van der Waals surface area contributed by atoms with Crippen molar-refractivity contribution >= 4 is 11.6 Å². The first-order chi connectivity index (χ1) is 12.5. The summed E-state index contributed by atoms with van der Waals surface area (Å²) in [4.78, 5) is 18.5. The standard InChI is InChI=1S/C19H22F2N4O/c20-14-1-2-16(17(21)11-14)18(22)19(26)24-12-13-5-9-25(10-6-13)15-3-7-23-8-4-15/h1-4,7-8,11,13,18H,5-6,9-10,12,22H2,(H,24,26). The van der Waals surface area contributed by atoms with Crippen molar-refractivity contribution < 1.29 is 13.6 Å². The van der Waals surface area contributed by atoms with Gasteiger partial charge in [0.15, 0.2) is 0 Å². The fourth-order valence-electron chi connectivity index (χ4n) is 3.20. The fraction of sp³-hybridized carbons (Fsp3) is 0.368. The molecule has 26 heavy (non-hydrogen) atoms. The summed E-state index contributed by atoms with van der Waals surface area (Å²) in [6.07, 6.45) is 5.45. The molecule has 2 heterocycles. The maximum atomic E-state index is 13.8. The zero-order chi connectivity index (χ0) is 18.5. The predicted molar refractivity (Wildman–Crippen MR) is 95.5 cm³/mol. The normalized spacial score (nSPS) is 16.3. The van der Waals surface area contributed by atoms with Crippen molar-refractivity contribution in [3.8, 4) is 0 Å². The van der Waals surface area contributed by atoms with Gasteiger partial charge in [0, 0.05) is 49.3 Å². The van der Waals surface area contributed by atoms with Gasteiger partial charge in [-0.15, -0.1) is 0 Å². The van der Waals surface area contributed by atoms with Crippen molar-refractivity contribution in [1.29, 1.82) is 0 Å². The summed E-state index contributed by atoms with van der Waals surface area (Å²) in [5, 5.41) is 2.79. The number of nitrogens with one attached hydrogen (secondary N) is 1. The Kier molecular flexibility index (Phi) is 5.78. The zero-order valence-electron chi connectivity index (χ0n) is 14.4. The molecular formula is C19H22F2N4O. The van der Waals surface area contributed by atoms with Gasteiger partial charge in [-0.05, 0) is 37.0 Å². The van der Waals surface area contributed by atoms with Crippen LogP contribution in [0.2, 0.25) is 0 Å². The number of amides is 1. The van der Waals surface area contributed by atoms with E-state index >= 15 is 0 Å². The largest absolute Gasteiger partial charge is 0.371 e. The smallest absolute Gasteiger partial charge is 0.241 e. The van der Waals surface area contributed by atoms with E-state index in [1.54, 1.807) is 12.4 Å². The number of carbonyl (C=O) groups excluding carboxylic acids is 1. The number of pyridine rings is 1. The summed E-state index contributed by atoms with van der Waals surface area (Å²) in [6.45, 7) is 2.31. The van der Waals surface area contributed by atoms with Gasteiger partial charge < -0.3 is 16.0 Å². The Bertz CT molecular complexity index is 748. The number of hydrogen-bond acceptors (Lipinski definition) is 4. The van der Waals surface area contributed by atoms with Crippen LogP contribution >= 0.6 is 0 Å². The average molecular weight is 360 g/mol. The van der Waals surface area contributed by atoms with Gasteiger partial charge in [-0.1, -0.05) is 6.07 Å². The van der Waals surface area contributed by atoms with Crippen LogP contribution in [-0.2, 0) is 4.79 Å². The molecule has 3 rings (SSSR count). The van der Waals surface area contributed by atoms with Crippen LogP contribution in [0.25, 0.3) is 0 Å². The van der Waals surface area contributed by atoms with Gasteiger partial charge in [-0.3, -0.25) is 9.78 Å². The topological polar surface area (TPSA) is 71.2 Å². The highest BCUT2D eigenvalue weighted by Gasteiger charge is 2.23. The number of carbonyl (C=O) groups is 1. The summed E-state index contributed by atoms with van der Waals surface area (Å²) >= 11 is 0. The molecule has 138 valence electrons. The number of rotatable bonds is 5. The second kappa shape index (κ2) is 8.23. The SMILES string of the molecule is NC(C(=O)NCC1CCN(c2ccncc2)CC1)c1ccc(F)cc1F. The molecule has 1 saturated heterocycles. The van der Waals surface area contributed by atoms with Crippen molar-refractivity contribution in [2.75, 3.05) is 24.5 Å². The summed E-state index contributed by atoms with van der Waals surface area (Å²) in [5.41, 5.74) is 6.96. The van der Waals surface area contributed by atoms with Gasteiger partial charge >= 0.3 is 0 Å². The van der Waals surface area contributed by atoms with Crippen molar-refractivity contribution in [3.05, 3.63) is 59.9 Å². The highest BCUT2D eigenvalue weighted by molar-refractivity contribution is 5.83. The van der Waals surface area contributed by atoms with Crippen LogP contribution in [0.1, 0.15) is 24.4 Å². The highest BCUT2D eigenvalue weighted by atomic mass is 19.1. The summed E-state index contributed by atoms with van der Waals surface area (Å²) < 4.78 is 26.7. The second-order valence-electron chi connectivity index (χ2n) is 6.52. The third-order valence-electron chi connectivity index (χ3n) is 4.79. The van der Waals surface area contributed by atoms with Crippen LogP contribution in [0, 0.1) is 17.6 Å². The van der Waals surface area contributed by atoms with Gasteiger partial charge in [-0.2, -0.15) is 0 Å². The number of benzene rings is 1. The Hall–Kier alpha value is -2.54. The number of hydrogen-bond donors (Lipinski definition) is 2. The molecule has 0 aliphatic carbocycles. The number of aromatic nitrogens is 1. The third kappa shape index (κ3) is 4.35. The molecule has 1 aromatic heterocycles. The lowest BCUT2D eigenvalue weighted by Crippen LogP contribution is -2.41. The minimum absolute atomic E-state index is 0.00333. The van der Waals surface area contributed by atoms with Crippen LogP contribution in [0.4, 0.5) is 14.5 Å². The molecule has 7 heteroatoms. The van der Waals surface area contributed by atoms with Gasteiger partial charge in [0.25, 0.3) is 0 Å². The molecule has 1 fully saturated rings. The van der Waals surface area contributed by atoms with E-state index in [0.717, 1.165) is 43.8 Å². The molecule has 0 radical (unpaired) electrons. The van der Waals surface area contributed by atoms with Crippen LogP contribution in [0.5, 0.6) is 0 Å². The molecule has 2 aromatic rings. The third-order valence-corrected chi connectivity index (χ3v) is 4.79. The Morgan fingerprint density at radius 1 is 1.23 bits per heavy atom. The van der Waals surface area contributed by atoms with Crippen LogP contribution in [0.15, 0.2) is 42.7 Å². The fourth-order valence-corrected chi connectivity index (χ4v) is 3.20. The summed E-state index contributed by atoms with van der Waals surface area (Å²) in [7, 11) is 0. The second-order valence-corrected chi connectivity index (χ2v) is 6.52. The number of anilines is 1. The van der Waals surface area contributed by atoms with Crippen molar-refractivity contribution in [2.24, 2.45) is 11.7 Å². The van der Waals surface area contributed by atoms with E-state index in [0.29, 0.717) is 12.5 Å². The van der Waals surface area contributed by atoms with Crippen molar-refractivity contribution in [1.82, 2.24) is 10.3 Å². The Balaban J connectivity index is 1.48. The molecule has 1 aromatic carbocycles. The minimum atomic E-state index is -1.15. The molecule has 5 nitrogen and oxygen atoms in total. The first kappa shape index (κ1) is 18.3. The van der Waals surface area contributed by atoms with Crippen LogP contribution in [-0.4, -0.2) is 30.5 Å². The van der Waals surface area contributed by atoms with E-state index in [2.05, 4.69) is 15.2 Å². The highest BCUT2D eigenvalue weighted by Crippen LogP contribution is 2.22. The lowest BCUT2D eigenvalue weighted by Gasteiger charge is -2.33. The van der Waals surface area contributed by atoms with E-state index in [-0.39, 0.29) is 5.56 Å². The lowest BCUT2D eigenvalue weighted by molar-refractivity contribution is -0.122. The maximum Gasteiger partial charge on any atom is 0.241 e. The van der Waals surface area contributed by atoms with E-state index < -0.39 is 23.6 Å². The Morgan fingerprint density at radius 2 is 1.92 bits per heavy atom. The molecule has 1 aliphatic heterocycles. The van der Waals surface area contributed by atoms with E-state index in [4.69, 9.17) is 5.73 Å². The molecule has 1 amide bonds. The number of piperidine rings is 1. The Morgan fingerprint density at radius 3 is 2.58 bits per heavy atom. The van der Waals surface area contributed by atoms with Gasteiger partial charge in [0.1, 0.15) is 17.7 Å². The number of nitrogens with zero attached hydrogens (tertiary/aromatic N) is 2. The Labute approximate surface area is 151 Å². The van der Waals surface area contributed by atoms with Gasteiger partial charge in [-0.25, -0.2) is 8.78 Å². The molecule has 3 N–H and O–H groups in total. The molecule has 0 saturated carbocycles. The molecular weight excluding hydrogens is 338 g/mol. The number of nitrogens with two attached hydrogens (primary N) is 1. The first-order valence-corrected chi connectivity index (χ1v) is 8.68. The quantitative estimate of drug-likeness (QED) is 0.859. The van der Waals surface area contributed by atoms with Crippen molar-refractivity contribution in [2.45, 2.75) is 18.9 Å². The van der Waals surface area contributed by atoms with Crippen molar-refractivity contribution in [3.63, 3.8) is 0 Å². The molecule has 1 aliphatic rings. The molecule has 0 spiro atoms. The van der Waals surface area contributed by atoms with Gasteiger partial charge in [0.2, 0.25) is 5.91 Å². The summed E-state index contributed by atoms with van der Waals surface area (Å²) in [5.74, 6) is -1.60. The van der Waals surface area contributed by atoms with Crippen LogP contribution < -0.4 is 16.0 Å². The molecule has 1 atom stereocenters. The number of halogens is 2.